The Morgan fingerprint density at radius 1 is 1.58 bits per heavy atom. The van der Waals surface area contributed by atoms with Crippen LogP contribution in [0, 0.1) is 12.8 Å². The first-order valence-corrected chi connectivity index (χ1v) is 6.55. The molecule has 0 radical (unpaired) electrons. The van der Waals surface area contributed by atoms with Gasteiger partial charge in [0.15, 0.2) is 11.3 Å². The van der Waals surface area contributed by atoms with E-state index in [4.69, 9.17) is 10.2 Å². The van der Waals surface area contributed by atoms with Crippen LogP contribution in [0.3, 0.4) is 0 Å². The average molecular weight is 259 g/mol. The smallest absolute Gasteiger partial charge is 0.287 e. The van der Waals surface area contributed by atoms with Gasteiger partial charge in [-0.1, -0.05) is 0 Å². The Kier molecular flexibility index (Phi) is 2.98. The van der Waals surface area contributed by atoms with Crippen molar-refractivity contribution in [2.75, 3.05) is 6.54 Å². The summed E-state index contributed by atoms with van der Waals surface area (Å²) >= 11 is 0. The molecule has 0 saturated heterocycles. The predicted molar refractivity (Wildman–Crippen MR) is 71.8 cm³/mol. The van der Waals surface area contributed by atoms with E-state index in [-0.39, 0.29) is 11.9 Å². The molecule has 3 rings (SSSR count). The minimum atomic E-state index is -0.210. The molecule has 1 aliphatic carbocycles. The first-order chi connectivity index (χ1) is 9.17. The summed E-state index contributed by atoms with van der Waals surface area (Å²) in [5, 5.41) is 2.94. The van der Waals surface area contributed by atoms with Gasteiger partial charge in [0.05, 0.1) is 0 Å². The lowest BCUT2D eigenvalue weighted by molar-refractivity contribution is 0.0907. The second-order valence-electron chi connectivity index (χ2n) is 5.10. The molecule has 1 fully saturated rings. The van der Waals surface area contributed by atoms with Crippen LogP contribution < -0.4 is 11.1 Å². The van der Waals surface area contributed by atoms with E-state index in [0.717, 1.165) is 18.5 Å². The second kappa shape index (κ2) is 4.66. The van der Waals surface area contributed by atoms with Crippen molar-refractivity contribution in [2.45, 2.75) is 25.8 Å². The van der Waals surface area contributed by atoms with Crippen LogP contribution in [0.5, 0.6) is 0 Å². The highest BCUT2D eigenvalue weighted by Gasteiger charge is 2.32. The van der Waals surface area contributed by atoms with Crippen molar-refractivity contribution in [3.8, 4) is 0 Å². The van der Waals surface area contributed by atoms with Crippen molar-refractivity contribution in [3.63, 3.8) is 0 Å². The molecule has 1 atom stereocenters. The SMILES string of the molecule is Cc1ccc2oc(C(=O)NC(CN)C3CC3)cc2n1. The summed E-state index contributed by atoms with van der Waals surface area (Å²) in [6, 6.07) is 5.42. The zero-order chi connectivity index (χ0) is 13.4. The molecular weight excluding hydrogens is 242 g/mol. The van der Waals surface area contributed by atoms with E-state index in [2.05, 4.69) is 10.3 Å². The Morgan fingerprint density at radius 2 is 2.37 bits per heavy atom. The summed E-state index contributed by atoms with van der Waals surface area (Å²) in [6.07, 6.45) is 2.28. The topological polar surface area (TPSA) is 81.2 Å². The van der Waals surface area contributed by atoms with Gasteiger partial charge in [0.1, 0.15) is 5.52 Å². The summed E-state index contributed by atoms with van der Waals surface area (Å²) < 4.78 is 5.51. The van der Waals surface area contributed by atoms with E-state index in [1.807, 2.05) is 19.1 Å². The van der Waals surface area contributed by atoms with Crippen LogP contribution in [0.2, 0.25) is 0 Å². The van der Waals surface area contributed by atoms with E-state index in [1.165, 1.54) is 0 Å². The van der Waals surface area contributed by atoms with Gasteiger partial charge >= 0.3 is 0 Å². The Hall–Kier alpha value is -1.88. The summed E-state index contributed by atoms with van der Waals surface area (Å²) in [7, 11) is 0. The van der Waals surface area contributed by atoms with Crippen LogP contribution in [0.4, 0.5) is 0 Å². The van der Waals surface area contributed by atoms with Gasteiger partial charge in [-0.25, -0.2) is 4.98 Å². The summed E-state index contributed by atoms with van der Waals surface area (Å²) in [5.74, 6) is 0.615. The molecule has 0 aliphatic heterocycles. The highest BCUT2D eigenvalue weighted by molar-refractivity contribution is 5.95. The molecular formula is C14H17N3O2. The molecule has 3 N–H and O–H groups in total. The zero-order valence-corrected chi connectivity index (χ0v) is 10.8. The van der Waals surface area contributed by atoms with E-state index in [9.17, 15) is 4.79 Å². The molecule has 100 valence electrons. The monoisotopic (exact) mass is 259 g/mol. The van der Waals surface area contributed by atoms with Crippen LogP contribution in [0.15, 0.2) is 22.6 Å². The van der Waals surface area contributed by atoms with Crippen molar-refractivity contribution < 1.29 is 9.21 Å². The van der Waals surface area contributed by atoms with Gasteiger partial charge in [0, 0.05) is 24.3 Å². The van der Waals surface area contributed by atoms with Gasteiger partial charge < -0.3 is 15.5 Å². The molecule has 0 spiro atoms. The number of pyridine rings is 1. The predicted octanol–water partition coefficient (Wildman–Crippen LogP) is 1.60. The molecule has 5 nitrogen and oxygen atoms in total. The van der Waals surface area contributed by atoms with E-state index in [0.29, 0.717) is 29.3 Å². The molecule has 2 aromatic heterocycles. The van der Waals surface area contributed by atoms with E-state index >= 15 is 0 Å². The maximum atomic E-state index is 12.1. The first-order valence-electron chi connectivity index (χ1n) is 6.55. The number of hydrogen-bond acceptors (Lipinski definition) is 4. The fraction of sp³-hybridized carbons (Fsp3) is 0.429. The van der Waals surface area contributed by atoms with Crippen LogP contribution in [0.25, 0.3) is 11.1 Å². The number of nitrogens with zero attached hydrogens (tertiary/aromatic N) is 1. The third kappa shape index (κ3) is 2.46. The maximum Gasteiger partial charge on any atom is 0.287 e. The number of fused-ring (bicyclic) bond motifs is 1. The molecule has 19 heavy (non-hydrogen) atoms. The van der Waals surface area contributed by atoms with Gasteiger partial charge in [-0.3, -0.25) is 4.79 Å². The highest BCUT2D eigenvalue weighted by atomic mass is 16.3. The number of hydrogen-bond donors (Lipinski definition) is 2. The number of rotatable bonds is 4. The van der Waals surface area contributed by atoms with Gasteiger partial charge in [-0.05, 0) is 37.8 Å². The lowest BCUT2D eigenvalue weighted by Gasteiger charge is -2.14. The number of aromatic nitrogens is 1. The third-order valence-electron chi connectivity index (χ3n) is 3.50. The van der Waals surface area contributed by atoms with Crippen molar-refractivity contribution >= 4 is 17.0 Å². The number of furan rings is 1. The fourth-order valence-corrected chi connectivity index (χ4v) is 2.25. The molecule has 1 amide bonds. The highest BCUT2D eigenvalue weighted by Crippen LogP contribution is 2.32. The molecule has 2 heterocycles. The van der Waals surface area contributed by atoms with Gasteiger partial charge in [-0.2, -0.15) is 0 Å². The largest absolute Gasteiger partial charge is 0.449 e. The number of amides is 1. The number of nitrogens with two attached hydrogens (primary N) is 1. The molecule has 5 heteroatoms. The minimum Gasteiger partial charge on any atom is -0.449 e. The molecule has 1 unspecified atom stereocenters. The molecule has 1 saturated carbocycles. The quantitative estimate of drug-likeness (QED) is 0.874. The molecule has 0 bridgehead atoms. The Bertz CT molecular complexity index is 616. The van der Waals surface area contributed by atoms with Crippen LogP contribution in [-0.2, 0) is 0 Å². The van der Waals surface area contributed by atoms with E-state index in [1.54, 1.807) is 6.07 Å². The Balaban J connectivity index is 1.80. The van der Waals surface area contributed by atoms with Crippen LogP contribution >= 0.6 is 0 Å². The Morgan fingerprint density at radius 3 is 3.05 bits per heavy atom. The minimum absolute atomic E-state index is 0.0513. The number of carbonyl (C=O) groups excluding carboxylic acids is 1. The molecule has 1 aliphatic rings. The third-order valence-corrected chi connectivity index (χ3v) is 3.50. The Labute approximate surface area is 111 Å². The van der Waals surface area contributed by atoms with Gasteiger partial charge in [-0.15, -0.1) is 0 Å². The number of nitrogens with one attached hydrogen (secondary N) is 1. The van der Waals surface area contributed by atoms with Crippen LogP contribution in [-0.4, -0.2) is 23.5 Å². The van der Waals surface area contributed by atoms with Crippen molar-refractivity contribution in [3.05, 3.63) is 29.7 Å². The standard InChI is InChI=1S/C14H17N3O2/c1-8-2-5-12-10(16-8)6-13(19-12)14(18)17-11(7-15)9-3-4-9/h2,5-6,9,11H,3-4,7,15H2,1H3,(H,17,18). The summed E-state index contributed by atoms with van der Waals surface area (Å²) in [4.78, 5) is 16.4. The lowest BCUT2D eigenvalue weighted by atomic mass is 10.2. The number of carbonyl (C=O) groups is 1. The maximum absolute atomic E-state index is 12.1. The zero-order valence-electron chi connectivity index (χ0n) is 10.8. The average Bonchev–Trinajstić information content (AvgIpc) is 3.15. The van der Waals surface area contributed by atoms with Gasteiger partial charge in [0.2, 0.25) is 0 Å². The van der Waals surface area contributed by atoms with Gasteiger partial charge in [0.25, 0.3) is 5.91 Å². The first kappa shape index (κ1) is 12.2. The van der Waals surface area contributed by atoms with Crippen molar-refractivity contribution in [1.82, 2.24) is 10.3 Å². The van der Waals surface area contributed by atoms with Crippen molar-refractivity contribution in [1.29, 1.82) is 0 Å². The van der Waals surface area contributed by atoms with Crippen molar-refractivity contribution in [2.24, 2.45) is 11.7 Å². The molecule has 2 aromatic rings. The fourth-order valence-electron chi connectivity index (χ4n) is 2.25. The normalized spacial score (nSPS) is 16.5. The van der Waals surface area contributed by atoms with E-state index < -0.39 is 0 Å². The summed E-state index contributed by atoms with van der Waals surface area (Å²) in [5.41, 5.74) is 7.92. The summed E-state index contributed by atoms with van der Waals surface area (Å²) in [6.45, 7) is 2.37. The number of aryl methyl sites for hydroxylation is 1. The van der Waals surface area contributed by atoms with Crippen LogP contribution in [0.1, 0.15) is 29.1 Å². The lowest BCUT2D eigenvalue weighted by Crippen LogP contribution is -2.41. The molecule has 0 aromatic carbocycles. The second-order valence-corrected chi connectivity index (χ2v) is 5.10.